The number of hydrogen-bond donors (Lipinski definition) is 1. The lowest BCUT2D eigenvalue weighted by Gasteiger charge is -2.30. The molecule has 0 radical (unpaired) electrons. The number of fused-ring (bicyclic) bond motifs is 1. The molecule has 0 bridgehead atoms. The minimum absolute atomic E-state index is 0.0461. The van der Waals surface area contributed by atoms with Gasteiger partial charge in [0.25, 0.3) is 0 Å². The van der Waals surface area contributed by atoms with Crippen LogP contribution in [0.15, 0.2) is 66.4 Å². The maximum atomic E-state index is 13.2. The molecule has 0 unspecified atom stereocenters. The Morgan fingerprint density at radius 3 is 2.45 bits per heavy atom. The van der Waals surface area contributed by atoms with Crippen LogP contribution in [0.1, 0.15) is 44.6 Å². The van der Waals surface area contributed by atoms with E-state index in [1.807, 2.05) is 23.1 Å². The van der Waals surface area contributed by atoms with E-state index in [0.29, 0.717) is 6.54 Å². The number of carbonyl (C=O) groups is 2. The van der Waals surface area contributed by atoms with Crippen molar-refractivity contribution in [2.45, 2.75) is 45.6 Å². The van der Waals surface area contributed by atoms with Gasteiger partial charge in [-0.15, -0.1) is 0 Å². The first-order valence-corrected chi connectivity index (χ1v) is 10.4. The number of nitrogens with zero attached hydrogens (tertiary/aromatic N) is 1. The first kappa shape index (κ1) is 19.4. The average molecular weight is 389 g/mol. The quantitative estimate of drug-likeness (QED) is 0.760. The van der Waals surface area contributed by atoms with Gasteiger partial charge >= 0.3 is 5.97 Å². The Bertz CT molecular complexity index is 932. The molecule has 4 nitrogen and oxygen atoms in total. The molecule has 1 saturated heterocycles. The molecule has 150 valence electrons. The van der Waals surface area contributed by atoms with Gasteiger partial charge in [-0.05, 0) is 36.0 Å². The third-order valence-corrected chi connectivity index (χ3v) is 6.48. The van der Waals surface area contributed by atoms with Crippen molar-refractivity contribution in [3.8, 4) is 11.1 Å². The van der Waals surface area contributed by atoms with Gasteiger partial charge in [0.1, 0.15) is 0 Å². The molecule has 0 spiro atoms. The third kappa shape index (κ3) is 3.71. The maximum absolute atomic E-state index is 13.2. The van der Waals surface area contributed by atoms with Crippen molar-refractivity contribution in [3.63, 3.8) is 0 Å². The lowest BCUT2D eigenvalue weighted by molar-refractivity contribution is -0.143. The summed E-state index contributed by atoms with van der Waals surface area (Å²) in [5, 5.41) is 9.39. The highest BCUT2D eigenvalue weighted by atomic mass is 16.4. The second-order valence-corrected chi connectivity index (χ2v) is 8.39. The Labute approximate surface area is 171 Å². The summed E-state index contributed by atoms with van der Waals surface area (Å²) in [7, 11) is 0. The Balaban J connectivity index is 1.61. The van der Waals surface area contributed by atoms with Gasteiger partial charge in [0.05, 0.1) is 18.9 Å². The van der Waals surface area contributed by atoms with E-state index >= 15 is 0 Å². The van der Waals surface area contributed by atoms with Gasteiger partial charge < -0.3 is 10.0 Å². The highest BCUT2D eigenvalue weighted by Crippen LogP contribution is 2.52. The highest BCUT2D eigenvalue weighted by Gasteiger charge is 2.53. The van der Waals surface area contributed by atoms with Crippen LogP contribution in [0.4, 0.5) is 0 Å². The molecule has 1 fully saturated rings. The first-order valence-electron chi connectivity index (χ1n) is 10.4. The Kier molecular flexibility index (Phi) is 5.27. The SMILES string of the molecule is C[C@@]12CCCCC=C1N(Cc1ccc(-c3ccccc3)cc1)C(=O)[C@H]2CC(=O)O. The Hall–Kier alpha value is -2.88. The molecular weight excluding hydrogens is 362 g/mol. The van der Waals surface area contributed by atoms with Crippen molar-refractivity contribution in [2.75, 3.05) is 0 Å². The van der Waals surface area contributed by atoms with Crippen molar-refractivity contribution in [2.24, 2.45) is 11.3 Å². The fraction of sp³-hybridized carbons (Fsp3) is 0.360. The predicted octanol–water partition coefficient (Wildman–Crippen LogP) is 5.25. The zero-order valence-corrected chi connectivity index (χ0v) is 16.8. The van der Waals surface area contributed by atoms with Gasteiger partial charge in [0, 0.05) is 11.1 Å². The summed E-state index contributed by atoms with van der Waals surface area (Å²) >= 11 is 0. The van der Waals surface area contributed by atoms with Crippen molar-refractivity contribution >= 4 is 11.9 Å². The topological polar surface area (TPSA) is 57.6 Å². The molecule has 0 saturated carbocycles. The van der Waals surface area contributed by atoms with Gasteiger partial charge in [-0.1, -0.05) is 74.0 Å². The van der Waals surface area contributed by atoms with Crippen molar-refractivity contribution in [3.05, 3.63) is 71.9 Å². The van der Waals surface area contributed by atoms with E-state index in [4.69, 9.17) is 0 Å². The van der Waals surface area contributed by atoms with E-state index in [2.05, 4.69) is 49.4 Å². The van der Waals surface area contributed by atoms with Gasteiger partial charge in [-0.25, -0.2) is 0 Å². The van der Waals surface area contributed by atoms with Gasteiger partial charge in [0.15, 0.2) is 0 Å². The second-order valence-electron chi connectivity index (χ2n) is 8.39. The molecule has 29 heavy (non-hydrogen) atoms. The van der Waals surface area contributed by atoms with E-state index in [9.17, 15) is 14.7 Å². The van der Waals surface area contributed by atoms with Gasteiger partial charge in [-0.2, -0.15) is 0 Å². The summed E-state index contributed by atoms with van der Waals surface area (Å²) in [5.74, 6) is -1.43. The van der Waals surface area contributed by atoms with Gasteiger partial charge in [-0.3, -0.25) is 9.59 Å². The Morgan fingerprint density at radius 2 is 1.76 bits per heavy atom. The van der Waals surface area contributed by atoms with Crippen LogP contribution < -0.4 is 0 Å². The number of allylic oxidation sites excluding steroid dienone is 2. The van der Waals surface area contributed by atoms with Crippen LogP contribution in [0, 0.1) is 11.3 Å². The predicted molar refractivity (Wildman–Crippen MR) is 113 cm³/mol. The molecule has 1 aliphatic carbocycles. The van der Waals surface area contributed by atoms with Crippen molar-refractivity contribution in [1.82, 2.24) is 4.90 Å². The number of carboxylic acid groups (broad SMARTS) is 1. The molecule has 2 atom stereocenters. The van der Waals surface area contributed by atoms with E-state index in [1.165, 1.54) is 0 Å². The molecule has 4 rings (SSSR count). The molecule has 1 N–H and O–H groups in total. The van der Waals surface area contributed by atoms with E-state index in [1.54, 1.807) is 0 Å². The van der Waals surface area contributed by atoms with Crippen LogP contribution in [0.25, 0.3) is 11.1 Å². The van der Waals surface area contributed by atoms with Crippen LogP contribution in [0.5, 0.6) is 0 Å². The van der Waals surface area contributed by atoms with Crippen LogP contribution >= 0.6 is 0 Å². The molecule has 4 heteroatoms. The Morgan fingerprint density at radius 1 is 1.07 bits per heavy atom. The minimum Gasteiger partial charge on any atom is -0.481 e. The standard InChI is InChI=1S/C25H27NO3/c1-25-15-7-3-6-10-22(25)26(24(29)21(25)16-23(27)28)17-18-11-13-20(14-12-18)19-8-4-2-5-9-19/h2,4-5,8-14,21H,3,6-7,15-17H2,1H3,(H,27,28)/t21-,25+/m1/s1. The number of aliphatic carboxylic acids is 1. The van der Waals surface area contributed by atoms with Gasteiger partial charge in [0.2, 0.25) is 5.91 Å². The zero-order chi connectivity index (χ0) is 20.4. The number of rotatable bonds is 5. The molecular formula is C25H27NO3. The largest absolute Gasteiger partial charge is 0.481 e. The summed E-state index contributed by atoms with van der Waals surface area (Å²) in [6.45, 7) is 2.57. The van der Waals surface area contributed by atoms with E-state index in [-0.39, 0.29) is 17.7 Å². The second kappa shape index (κ2) is 7.86. The summed E-state index contributed by atoms with van der Waals surface area (Å²) in [5.41, 5.74) is 4.01. The number of likely N-dealkylation sites (tertiary alicyclic amines) is 1. The zero-order valence-electron chi connectivity index (χ0n) is 16.8. The van der Waals surface area contributed by atoms with Crippen molar-refractivity contribution in [1.29, 1.82) is 0 Å². The number of carbonyl (C=O) groups excluding carboxylic acids is 1. The summed E-state index contributed by atoms with van der Waals surface area (Å²) in [6.07, 6.45) is 6.00. The molecule has 2 aromatic rings. The van der Waals surface area contributed by atoms with Crippen LogP contribution in [-0.4, -0.2) is 21.9 Å². The number of hydrogen-bond acceptors (Lipinski definition) is 2. The smallest absolute Gasteiger partial charge is 0.304 e. The fourth-order valence-electron chi connectivity index (χ4n) is 4.85. The fourth-order valence-corrected chi connectivity index (χ4v) is 4.85. The van der Waals surface area contributed by atoms with E-state index in [0.717, 1.165) is 48.1 Å². The number of benzene rings is 2. The lowest BCUT2D eigenvalue weighted by atomic mass is 9.73. The summed E-state index contributed by atoms with van der Waals surface area (Å²) in [4.78, 5) is 26.5. The third-order valence-electron chi connectivity index (χ3n) is 6.48. The summed E-state index contributed by atoms with van der Waals surface area (Å²) in [6, 6.07) is 18.5. The molecule has 1 aliphatic heterocycles. The average Bonchev–Trinajstić information content (AvgIpc) is 2.85. The van der Waals surface area contributed by atoms with E-state index < -0.39 is 11.9 Å². The summed E-state index contributed by atoms with van der Waals surface area (Å²) < 4.78 is 0. The molecule has 1 heterocycles. The molecule has 1 amide bonds. The first-order chi connectivity index (χ1) is 14.0. The van der Waals surface area contributed by atoms with Crippen molar-refractivity contribution < 1.29 is 14.7 Å². The maximum Gasteiger partial charge on any atom is 0.304 e. The van der Waals surface area contributed by atoms with Crippen LogP contribution in [0.2, 0.25) is 0 Å². The van der Waals surface area contributed by atoms with Crippen LogP contribution in [-0.2, 0) is 16.1 Å². The van der Waals surface area contributed by atoms with Crippen LogP contribution in [0.3, 0.4) is 0 Å². The monoisotopic (exact) mass is 389 g/mol. The molecule has 2 aromatic carbocycles. The minimum atomic E-state index is -0.901. The number of carboxylic acids is 1. The highest BCUT2D eigenvalue weighted by molar-refractivity contribution is 5.89. The normalized spacial score (nSPS) is 24.0. The lowest BCUT2D eigenvalue weighted by Crippen LogP contribution is -2.29. The number of amides is 1. The molecule has 2 aliphatic rings. The molecule has 0 aromatic heterocycles.